The largest absolute Gasteiger partial charge is 0.392 e. The average Bonchev–Trinajstić information content (AvgIpc) is 2.89. The van der Waals surface area contributed by atoms with Gasteiger partial charge in [0.05, 0.1) is 11.5 Å². The number of halogens is 1. The van der Waals surface area contributed by atoms with E-state index in [0.717, 1.165) is 25.7 Å². The van der Waals surface area contributed by atoms with Crippen LogP contribution >= 0.6 is 12.2 Å². The zero-order chi connectivity index (χ0) is 14.5. The number of carbonyl (C=O) groups is 1. The first-order valence-electron chi connectivity index (χ1n) is 6.68. The normalized spacial score (nSPS) is 15.1. The first-order valence-corrected chi connectivity index (χ1v) is 7.08. The lowest BCUT2D eigenvalue weighted by molar-refractivity contribution is 0.199. The molecule has 108 valence electrons. The van der Waals surface area contributed by atoms with Crippen molar-refractivity contribution < 1.29 is 9.18 Å². The highest BCUT2D eigenvalue weighted by molar-refractivity contribution is 7.80. The minimum atomic E-state index is -0.385. The summed E-state index contributed by atoms with van der Waals surface area (Å²) in [6.07, 6.45) is 4.12. The van der Waals surface area contributed by atoms with Crippen molar-refractivity contribution in [2.75, 3.05) is 11.9 Å². The number of nitrogens with two attached hydrogens (primary N) is 1. The Balaban J connectivity index is 2.07. The minimum absolute atomic E-state index is 0.157. The molecule has 0 unspecified atom stereocenters. The molecule has 1 aromatic carbocycles. The Labute approximate surface area is 123 Å². The van der Waals surface area contributed by atoms with Crippen LogP contribution in [0.5, 0.6) is 0 Å². The van der Waals surface area contributed by atoms with Crippen molar-refractivity contribution in [1.29, 1.82) is 0 Å². The van der Waals surface area contributed by atoms with Gasteiger partial charge in [-0.05, 0) is 31.0 Å². The van der Waals surface area contributed by atoms with Gasteiger partial charge in [-0.15, -0.1) is 0 Å². The van der Waals surface area contributed by atoms with Gasteiger partial charge in [0.1, 0.15) is 5.82 Å². The molecular weight excluding hydrogens is 277 g/mol. The number of rotatable bonds is 4. The quantitative estimate of drug-likeness (QED) is 0.840. The fraction of sp³-hybridized carbons (Fsp3) is 0.429. The van der Waals surface area contributed by atoms with Crippen LogP contribution < -0.4 is 11.1 Å². The highest BCUT2D eigenvalue weighted by Crippen LogP contribution is 2.24. The number of urea groups is 1. The molecule has 2 rings (SSSR count). The van der Waals surface area contributed by atoms with Crippen LogP contribution in [0.1, 0.15) is 25.7 Å². The summed E-state index contributed by atoms with van der Waals surface area (Å²) in [7, 11) is 0. The van der Waals surface area contributed by atoms with E-state index in [1.165, 1.54) is 12.1 Å². The molecule has 0 spiro atoms. The predicted octanol–water partition coefficient (Wildman–Crippen LogP) is 2.89. The van der Waals surface area contributed by atoms with Gasteiger partial charge in [-0.2, -0.15) is 0 Å². The van der Waals surface area contributed by atoms with Crippen molar-refractivity contribution in [1.82, 2.24) is 4.90 Å². The van der Waals surface area contributed by atoms with E-state index in [9.17, 15) is 9.18 Å². The maximum atomic E-state index is 13.1. The highest BCUT2D eigenvalue weighted by atomic mass is 32.1. The lowest BCUT2D eigenvalue weighted by Crippen LogP contribution is -2.45. The number of thiocarbonyl (C=S) groups is 1. The van der Waals surface area contributed by atoms with Gasteiger partial charge in [0.15, 0.2) is 0 Å². The second-order valence-corrected chi connectivity index (χ2v) is 5.50. The summed E-state index contributed by atoms with van der Waals surface area (Å²) in [5.41, 5.74) is 6.00. The van der Waals surface area contributed by atoms with Gasteiger partial charge >= 0.3 is 6.03 Å². The average molecular weight is 295 g/mol. The third-order valence-corrected chi connectivity index (χ3v) is 3.56. The molecule has 0 bridgehead atoms. The van der Waals surface area contributed by atoms with Crippen LogP contribution in [-0.2, 0) is 0 Å². The topological polar surface area (TPSA) is 58.4 Å². The molecule has 1 saturated carbocycles. The van der Waals surface area contributed by atoms with E-state index in [2.05, 4.69) is 5.32 Å². The van der Waals surface area contributed by atoms with E-state index in [1.807, 2.05) is 0 Å². The smallest absolute Gasteiger partial charge is 0.322 e. The standard InChI is InChI=1S/C14H18FN3OS/c15-10-4-3-5-11(8-10)17-14(19)18(9-13(16)20)12-6-1-2-7-12/h3-5,8,12H,1-2,6-7,9H2,(H2,16,20)(H,17,19). The first kappa shape index (κ1) is 14.7. The molecule has 2 amide bonds. The Kier molecular flexibility index (Phi) is 4.89. The monoisotopic (exact) mass is 295 g/mol. The molecule has 6 heteroatoms. The number of hydrogen-bond acceptors (Lipinski definition) is 2. The van der Waals surface area contributed by atoms with Gasteiger partial charge < -0.3 is 16.0 Å². The second-order valence-electron chi connectivity index (χ2n) is 4.97. The van der Waals surface area contributed by atoms with Crippen LogP contribution in [0.2, 0.25) is 0 Å². The van der Waals surface area contributed by atoms with Gasteiger partial charge in [-0.1, -0.05) is 31.1 Å². The van der Waals surface area contributed by atoms with Crippen molar-refractivity contribution in [3.05, 3.63) is 30.1 Å². The third-order valence-electron chi connectivity index (χ3n) is 3.43. The third kappa shape index (κ3) is 3.90. The first-order chi connectivity index (χ1) is 9.56. The maximum absolute atomic E-state index is 13.1. The number of nitrogens with one attached hydrogen (secondary N) is 1. The molecule has 0 saturated heterocycles. The lowest BCUT2D eigenvalue weighted by atomic mass is 10.2. The number of hydrogen-bond donors (Lipinski definition) is 2. The zero-order valence-electron chi connectivity index (χ0n) is 11.1. The number of anilines is 1. The van der Waals surface area contributed by atoms with Crippen LogP contribution in [0.15, 0.2) is 24.3 Å². The Bertz CT molecular complexity index is 503. The fourth-order valence-corrected chi connectivity index (χ4v) is 2.65. The molecule has 1 fully saturated rings. The molecular formula is C14H18FN3OS. The van der Waals surface area contributed by atoms with Crippen LogP contribution in [-0.4, -0.2) is 28.5 Å². The van der Waals surface area contributed by atoms with E-state index in [1.54, 1.807) is 17.0 Å². The van der Waals surface area contributed by atoms with Crippen molar-refractivity contribution in [3.8, 4) is 0 Å². The number of amides is 2. The second kappa shape index (κ2) is 6.65. The van der Waals surface area contributed by atoms with Crippen LogP contribution in [0, 0.1) is 5.82 Å². The number of benzene rings is 1. The van der Waals surface area contributed by atoms with Gasteiger partial charge in [0, 0.05) is 11.7 Å². The summed E-state index contributed by atoms with van der Waals surface area (Å²) in [5, 5.41) is 2.70. The lowest BCUT2D eigenvalue weighted by Gasteiger charge is -2.28. The summed E-state index contributed by atoms with van der Waals surface area (Å²) in [4.78, 5) is 14.3. The summed E-state index contributed by atoms with van der Waals surface area (Å²) < 4.78 is 13.1. The Morgan fingerprint density at radius 3 is 2.75 bits per heavy atom. The summed E-state index contributed by atoms with van der Waals surface area (Å²) in [6.45, 7) is 0.251. The maximum Gasteiger partial charge on any atom is 0.322 e. The Hall–Kier alpha value is -1.69. The van der Waals surface area contributed by atoms with E-state index in [4.69, 9.17) is 18.0 Å². The molecule has 0 atom stereocenters. The van der Waals surface area contributed by atoms with Gasteiger partial charge in [-0.3, -0.25) is 0 Å². The summed E-state index contributed by atoms with van der Waals surface area (Å²) in [6, 6.07) is 5.69. The number of carbonyl (C=O) groups excluding carboxylic acids is 1. The van der Waals surface area contributed by atoms with E-state index < -0.39 is 0 Å². The fourth-order valence-electron chi connectivity index (χ4n) is 2.51. The van der Waals surface area contributed by atoms with Gasteiger partial charge in [-0.25, -0.2) is 9.18 Å². The SMILES string of the molecule is NC(=S)CN(C(=O)Nc1cccc(F)c1)C1CCCC1. The molecule has 3 N–H and O–H groups in total. The molecule has 0 aliphatic heterocycles. The highest BCUT2D eigenvalue weighted by Gasteiger charge is 2.27. The number of nitrogens with zero attached hydrogens (tertiary/aromatic N) is 1. The van der Waals surface area contributed by atoms with Crippen molar-refractivity contribution in [2.45, 2.75) is 31.7 Å². The van der Waals surface area contributed by atoms with Crippen molar-refractivity contribution >= 4 is 28.9 Å². The van der Waals surface area contributed by atoms with Crippen LogP contribution in [0.3, 0.4) is 0 Å². The predicted molar refractivity (Wildman–Crippen MR) is 81.2 cm³/mol. The zero-order valence-corrected chi connectivity index (χ0v) is 12.0. The summed E-state index contributed by atoms with van der Waals surface area (Å²) in [5.74, 6) is -0.385. The molecule has 20 heavy (non-hydrogen) atoms. The molecule has 4 nitrogen and oxygen atoms in total. The molecule has 1 aromatic rings. The molecule has 0 radical (unpaired) electrons. The van der Waals surface area contributed by atoms with Gasteiger partial charge in [0.2, 0.25) is 0 Å². The van der Waals surface area contributed by atoms with E-state index in [0.29, 0.717) is 5.69 Å². The molecule has 1 aliphatic rings. The Morgan fingerprint density at radius 2 is 2.15 bits per heavy atom. The molecule has 0 aromatic heterocycles. The van der Waals surface area contributed by atoms with Crippen molar-refractivity contribution in [3.63, 3.8) is 0 Å². The minimum Gasteiger partial charge on any atom is -0.392 e. The van der Waals surface area contributed by atoms with Gasteiger partial charge in [0.25, 0.3) is 0 Å². The molecule has 0 heterocycles. The van der Waals surface area contributed by atoms with Crippen molar-refractivity contribution in [2.24, 2.45) is 5.73 Å². The Morgan fingerprint density at radius 1 is 1.45 bits per heavy atom. The van der Waals surface area contributed by atoms with Crippen LogP contribution in [0.4, 0.5) is 14.9 Å². The van der Waals surface area contributed by atoms with E-state index >= 15 is 0 Å². The summed E-state index contributed by atoms with van der Waals surface area (Å²) >= 11 is 4.91. The van der Waals surface area contributed by atoms with E-state index in [-0.39, 0.29) is 29.4 Å². The van der Waals surface area contributed by atoms with Crippen LogP contribution in [0.25, 0.3) is 0 Å². The molecule has 1 aliphatic carbocycles.